The second kappa shape index (κ2) is 7.58. The highest BCUT2D eigenvalue weighted by atomic mass is 16.5. The second-order valence-corrected chi connectivity index (χ2v) is 7.53. The molecule has 0 radical (unpaired) electrons. The van der Waals surface area contributed by atoms with Crippen LogP contribution in [0.3, 0.4) is 0 Å². The number of carbonyl (C=O) groups excluding carboxylic acids is 1. The maximum Gasteiger partial charge on any atom is 0.242 e. The van der Waals surface area contributed by atoms with Gasteiger partial charge < -0.3 is 14.0 Å². The molecule has 4 rings (SSSR count). The summed E-state index contributed by atoms with van der Waals surface area (Å²) in [6.45, 7) is 2.29. The van der Waals surface area contributed by atoms with Crippen LogP contribution in [0, 0.1) is 6.92 Å². The Morgan fingerprint density at radius 3 is 2.82 bits per heavy atom. The Hall–Kier alpha value is -2.96. The van der Waals surface area contributed by atoms with Crippen molar-refractivity contribution in [1.29, 1.82) is 0 Å². The fourth-order valence-corrected chi connectivity index (χ4v) is 3.89. The molecule has 3 aromatic rings. The van der Waals surface area contributed by atoms with Gasteiger partial charge in [0.1, 0.15) is 6.54 Å². The number of rotatable bonds is 5. The van der Waals surface area contributed by atoms with E-state index in [1.165, 1.54) is 12.8 Å². The number of pyridine rings is 1. The van der Waals surface area contributed by atoms with E-state index in [2.05, 4.69) is 10.1 Å². The van der Waals surface area contributed by atoms with Crippen LogP contribution in [-0.2, 0) is 17.9 Å². The van der Waals surface area contributed by atoms with Gasteiger partial charge in [0.25, 0.3) is 0 Å². The van der Waals surface area contributed by atoms with E-state index in [-0.39, 0.29) is 17.9 Å². The summed E-state index contributed by atoms with van der Waals surface area (Å²) in [6, 6.07) is 8.92. The van der Waals surface area contributed by atoms with Crippen LogP contribution in [0.25, 0.3) is 10.9 Å². The minimum atomic E-state index is -0.0795. The van der Waals surface area contributed by atoms with Crippen molar-refractivity contribution in [3.05, 3.63) is 58.0 Å². The molecule has 2 aromatic heterocycles. The summed E-state index contributed by atoms with van der Waals surface area (Å²) in [5, 5.41) is 4.65. The lowest BCUT2D eigenvalue weighted by Crippen LogP contribution is -2.31. The Bertz CT molecular complexity index is 1060. The number of benzene rings is 1. The Morgan fingerprint density at radius 2 is 2.04 bits per heavy atom. The highest BCUT2D eigenvalue weighted by molar-refractivity contribution is 5.82. The maximum atomic E-state index is 12.8. The number of nitrogens with zero attached hydrogens (tertiary/aromatic N) is 4. The molecule has 146 valence electrons. The molecule has 1 aliphatic rings. The number of para-hydroxylation sites is 1. The minimum absolute atomic E-state index is 0.0311. The molecule has 0 unspecified atom stereocenters. The van der Waals surface area contributed by atoms with E-state index in [4.69, 9.17) is 4.52 Å². The number of aromatic nitrogens is 3. The number of aryl methyl sites for hydroxylation is 1. The van der Waals surface area contributed by atoms with Crippen LogP contribution in [0.2, 0.25) is 0 Å². The molecule has 7 heteroatoms. The first-order chi connectivity index (χ1) is 13.5. The first-order valence-electron chi connectivity index (χ1n) is 9.68. The SMILES string of the molecule is Cc1cc(=O)c2ccccc2n1CC(=O)N(C)Cc1noc(C2CCCC2)n1. The molecule has 1 aliphatic carbocycles. The largest absolute Gasteiger partial charge is 0.339 e. The molecule has 28 heavy (non-hydrogen) atoms. The lowest BCUT2D eigenvalue weighted by molar-refractivity contribution is -0.131. The lowest BCUT2D eigenvalue weighted by Gasteiger charge is -2.19. The zero-order valence-corrected chi connectivity index (χ0v) is 16.2. The van der Waals surface area contributed by atoms with E-state index in [0.717, 1.165) is 24.1 Å². The number of amides is 1. The van der Waals surface area contributed by atoms with Gasteiger partial charge in [-0.05, 0) is 31.9 Å². The fourth-order valence-electron chi connectivity index (χ4n) is 3.89. The molecule has 0 aliphatic heterocycles. The van der Waals surface area contributed by atoms with Crippen molar-refractivity contribution in [3.8, 4) is 0 Å². The predicted molar refractivity (Wildman–Crippen MR) is 105 cm³/mol. The van der Waals surface area contributed by atoms with Gasteiger partial charge in [0.05, 0.1) is 12.1 Å². The van der Waals surface area contributed by atoms with Gasteiger partial charge in [0.2, 0.25) is 11.8 Å². The average molecular weight is 380 g/mol. The van der Waals surface area contributed by atoms with Crippen LogP contribution in [0.4, 0.5) is 0 Å². The summed E-state index contributed by atoms with van der Waals surface area (Å²) in [5.41, 5.74) is 1.49. The topological polar surface area (TPSA) is 81.2 Å². The molecule has 1 fully saturated rings. The maximum absolute atomic E-state index is 12.8. The highest BCUT2D eigenvalue weighted by Crippen LogP contribution is 2.32. The molecule has 0 bridgehead atoms. The van der Waals surface area contributed by atoms with Crippen molar-refractivity contribution < 1.29 is 9.32 Å². The normalized spacial score (nSPS) is 14.6. The van der Waals surface area contributed by atoms with Crippen LogP contribution in [0.5, 0.6) is 0 Å². The van der Waals surface area contributed by atoms with E-state index >= 15 is 0 Å². The van der Waals surface area contributed by atoms with E-state index in [9.17, 15) is 9.59 Å². The predicted octanol–water partition coefficient (Wildman–Crippen LogP) is 3.01. The first kappa shape index (κ1) is 18.4. The quantitative estimate of drug-likeness (QED) is 0.680. The number of hydrogen-bond acceptors (Lipinski definition) is 5. The van der Waals surface area contributed by atoms with E-state index in [0.29, 0.717) is 29.6 Å². The molecule has 0 N–H and O–H groups in total. The third-order valence-electron chi connectivity index (χ3n) is 5.51. The number of likely N-dealkylation sites (N-methyl/N-ethyl adjacent to an activating group) is 1. The Morgan fingerprint density at radius 1 is 1.29 bits per heavy atom. The zero-order chi connectivity index (χ0) is 19.7. The summed E-state index contributed by atoms with van der Waals surface area (Å²) in [6.07, 6.45) is 4.59. The third kappa shape index (κ3) is 3.56. The smallest absolute Gasteiger partial charge is 0.242 e. The fraction of sp³-hybridized carbons (Fsp3) is 0.429. The molecule has 2 heterocycles. The number of carbonyl (C=O) groups is 1. The first-order valence-corrected chi connectivity index (χ1v) is 9.68. The average Bonchev–Trinajstić information content (AvgIpc) is 3.36. The number of fused-ring (bicyclic) bond motifs is 1. The van der Waals surface area contributed by atoms with Crippen LogP contribution >= 0.6 is 0 Å². The highest BCUT2D eigenvalue weighted by Gasteiger charge is 2.23. The van der Waals surface area contributed by atoms with Crippen molar-refractivity contribution in [2.24, 2.45) is 0 Å². The molecule has 1 saturated carbocycles. The Labute approximate surface area is 163 Å². The second-order valence-electron chi connectivity index (χ2n) is 7.53. The van der Waals surface area contributed by atoms with E-state index in [1.54, 1.807) is 24.1 Å². The summed E-state index contributed by atoms with van der Waals surface area (Å²) in [7, 11) is 1.73. The molecule has 1 amide bonds. The molecule has 7 nitrogen and oxygen atoms in total. The van der Waals surface area contributed by atoms with Gasteiger partial charge in [-0.15, -0.1) is 0 Å². The van der Waals surface area contributed by atoms with Crippen LogP contribution in [0.15, 0.2) is 39.6 Å². The molecule has 0 spiro atoms. The van der Waals surface area contributed by atoms with Crippen LogP contribution in [0.1, 0.15) is 49.0 Å². The van der Waals surface area contributed by atoms with Gasteiger partial charge in [-0.3, -0.25) is 9.59 Å². The summed E-state index contributed by atoms with van der Waals surface area (Å²) in [5.74, 6) is 1.50. The van der Waals surface area contributed by atoms with Crippen LogP contribution in [-0.4, -0.2) is 32.6 Å². The standard InChI is InChI=1S/C21H24N4O3/c1-14-11-18(26)16-9-5-6-10-17(16)25(14)13-20(27)24(2)12-19-22-21(28-23-19)15-7-3-4-8-15/h5-6,9-11,15H,3-4,7-8,12-13H2,1-2H3. The van der Waals surface area contributed by atoms with Crippen molar-refractivity contribution in [2.45, 2.75) is 51.6 Å². The zero-order valence-electron chi connectivity index (χ0n) is 16.2. The van der Waals surface area contributed by atoms with Gasteiger partial charge in [-0.1, -0.05) is 30.1 Å². The number of hydrogen-bond donors (Lipinski definition) is 0. The minimum Gasteiger partial charge on any atom is -0.339 e. The summed E-state index contributed by atoms with van der Waals surface area (Å²) >= 11 is 0. The van der Waals surface area contributed by atoms with Crippen molar-refractivity contribution in [2.75, 3.05) is 7.05 Å². The van der Waals surface area contributed by atoms with Crippen LogP contribution < -0.4 is 5.43 Å². The lowest BCUT2D eigenvalue weighted by atomic mass is 10.1. The van der Waals surface area contributed by atoms with Gasteiger partial charge in [0.15, 0.2) is 11.3 Å². The molecular weight excluding hydrogens is 356 g/mol. The van der Waals surface area contributed by atoms with Gasteiger partial charge in [0, 0.05) is 30.1 Å². The van der Waals surface area contributed by atoms with Gasteiger partial charge in [-0.2, -0.15) is 4.98 Å². The monoisotopic (exact) mass is 380 g/mol. The Balaban J connectivity index is 1.49. The molecule has 0 saturated heterocycles. The molecule has 0 atom stereocenters. The van der Waals surface area contributed by atoms with Gasteiger partial charge >= 0.3 is 0 Å². The molecular formula is C21H24N4O3. The van der Waals surface area contributed by atoms with Crippen molar-refractivity contribution >= 4 is 16.8 Å². The van der Waals surface area contributed by atoms with E-state index < -0.39 is 0 Å². The summed E-state index contributed by atoms with van der Waals surface area (Å²) < 4.78 is 7.27. The third-order valence-corrected chi connectivity index (χ3v) is 5.51. The molecule has 1 aromatic carbocycles. The Kier molecular flexibility index (Phi) is 4.98. The van der Waals surface area contributed by atoms with E-state index in [1.807, 2.05) is 29.7 Å². The van der Waals surface area contributed by atoms with Gasteiger partial charge in [-0.25, -0.2) is 0 Å². The summed E-state index contributed by atoms with van der Waals surface area (Å²) in [4.78, 5) is 31.1. The van der Waals surface area contributed by atoms with Crippen molar-refractivity contribution in [3.63, 3.8) is 0 Å². The van der Waals surface area contributed by atoms with Crippen molar-refractivity contribution in [1.82, 2.24) is 19.6 Å².